The van der Waals surface area contributed by atoms with Crippen molar-refractivity contribution in [3.8, 4) is 33.4 Å². The normalized spacial score (nSPS) is 11.8. The lowest BCUT2D eigenvalue weighted by atomic mass is 9.83. The maximum absolute atomic E-state index is 2.48. The molecule has 0 bridgehead atoms. The number of benzene rings is 10. The van der Waals surface area contributed by atoms with E-state index in [0.29, 0.717) is 0 Å². The van der Waals surface area contributed by atoms with Crippen LogP contribution in [0.25, 0.3) is 98.0 Å². The first kappa shape index (κ1) is 28.7. The summed E-state index contributed by atoms with van der Waals surface area (Å²) in [5.41, 5.74) is 10.2. The smallest absolute Gasteiger partial charge is 0.00260 e. The molecule has 0 aliphatic carbocycles. The van der Waals surface area contributed by atoms with Crippen LogP contribution in [0.4, 0.5) is 0 Å². The molecule has 0 heterocycles. The van der Waals surface area contributed by atoms with Gasteiger partial charge in [0, 0.05) is 0 Å². The van der Waals surface area contributed by atoms with Crippen LogP contribution in [0.5, 0.6) is 0 Å². The van der Waals surface area contributed by atoms with Crippen molar-refractivity contribution in [3.63, 3.8) is 0 Å². The predicted molar refractivity (Wildman–Crippen MR) is 217 cm³/mol. The molecular formula is C50H34. The molecular weight excluding hydrogens is 601 g/mol. The highest BCUT2D eigenvalue weighted by molar-refractivity contribution is 6.24. The summed E-state index contributed by atoms with van der Waals surface area (Å²) in [6.45, 7) is 4.42. The molecule has 234 valence electrons. The number of hydrogen-bond donors (Lipinski definition) is 0. The van der Waals surface area contributed by atoms with E-state index in [1.54, 1.807) is 0 Å². The SMILES string of the molecule is Cc1cc(C)cc(-c2c3ccccc3c(-c3ccc4ccccc4c3)c3ccc(-c4c5ccccc5cc5c4ccc4ccccc45)cc23)c1. The number of fused-ring (bicyclic) bond motifs is 7. The van der Waals surface area contributed by atoms with E-state index < -0.39 is 0 Å². The Morgan fingerprint density at radius 2 is 0.720 bits per heavy atom. The van der Waals surface area contributed by atoms with Gasteiger partial charge in [-0.25, -0.2) is 0 Å². The minimum atomic E-state index is 1.24. The van der Waals surface area contributed by atoms with E-state index in [4.69, 9.17) is 0 Å². The maximum atomic E-state index is 2.48. The number of aryl methyl sites for hydroxylation is 2. The molecule has 0 aromatic heterocycles. The molecule has 10 aromatic carbocycles. The number of rotatable bonds is 3. The van der Waals surface area contributed by atoms with E-state index in [9.17, 15) is 0 Å². The van der Waals surface area contributed by atoms with Gasteiger partial charge in [-0.15, -0.1) is 0 Å². The van der Waals surface area contributed by atoms with Gasteiger partial charge in [0.15, 0.2) is 0 Å². The second-order valence-electron chi connectivity index (χ2n) is 13.8. The Kier molecular flexibility index (Phi) is 6.41. The van der Waals surface area contributed by atoms with Crippen LogP contribution >= 0.6 is 0 Å². The van der Waals surface area contributed by atoms with Crippen LogP contribution in [-0.2, 0) is 0 Å². The zero-order valence-corrected chi connectivity index (χ0v) is 28.2. The van der Waals surface area contributed by atoms with Crippen LogP contribution in [0.3, 0.4) is 0 Å². The van der Waals surface area contributed by atoms with Crippen LogP contribution in [-0.4, -0.2) is 0 Å². The van der Waals surface area contributed by atoms with E-state index in [1.165, 1.54) is 109 Å². The molecule has 0 N–H and O–H groups in total. The van der Waals surface area contributed by atoms with Gasteiger partial charge >= 0.3 is 0 Å². The van der Waals surface area contributed by atoms with Crippen LogP contribution in [0.1, 0.15) is 11.1 Å². The Balaban J connectivity index is 1.37. The molecule has 0 atom stereocenters. The highest BCUT2D eigenvalue weighted by Gasteiger charge is 2.20. The third-order valence-corrected chi connectivity index (χ3v) is 10.6. The third kappa shape index (κ3) is 4.46. The molecule has 10 rings (SSSR count). The zero-order chi connectivity index (χ0) is 33.3. The van der Waals surface area contributed by atoms with E-state index in [1.807, 2.05) is 0 Å². The summed E-state index contributed by atoms with van der Waals surface area (Å²) in [6, 6.07) is 63.5. The minimum absolute atomic E-state index is 1.24. The van der Waals surface area contributed by atoms with Crippen molar-refractivity contribution in [2.75, 3.05) is 0 Å². The summed E-state index contributed by atoms with van der Waals surface area (Å²) >= 11 is 0. The molecule has 0 unspecified atom stereocenters. The van der Waals surface area contributed by atoms with E-state index in [-0.39, 0.29) is 0 Å². The van der Waals surface area contributed by atoms with Gasteiger partial charge < -0.3 is 0 Å². The van der Waals surface area contributed by atoms with Crippen molar-refractivity contribution < 1.29 is 0 Å². The summed E-state index contributed by atoms with van der Waals surface area (Å²) in [5.74, 6) is 0. The first-order valence-electron chi connectivity index (χ1n) is 17.5. The molecule has 0 aliphatic heterocycles. The van der Waals surface area contributed by atoms with Crippen molar-refractivity contribution in [1.82, 2.24) is 0 Å². The summed E-state index contributed by atoms with van der Waals surface area (Å²) in [7, 11) is 0. The molecule has 50 heavy (non-hydrogen) atoms. The molecule has 10 aromatic rings. The van der Waals surface area contributed by atoms with Crippen molar-refractivity contribution in [1.29, 1.82) is 0 Å². The fourth-order valence-electron chi connectivity index (χ4n) is 8.55. The van der Waals surface area contributed by atoms with Gasteiger partial charge in [-0.1, -0.05) is 163 Å². The monoisotopic (exact) mass is 634 g/mol. The van der Waals surface area contributed by atoms with Gasteiger partial charge in [-0.05, 0) is 130 Å². The molecule has 0 spiro atoms. The van der Waals surface area contributed by atoms with Gasteiger partial charge in [0.2, 0.25) is 0 Å². The Morgan fingerprint density at radius 3 is 1.48 bits per heavy atom. The van der Waals surface area contributed by atoms with Gasteiger partial charge in [-0.3, -0.25) is 0 Å². The summed E-state index contributed by atoms with van der Waals surface area (Å²) in [6.07, 6.45) is 0. The average Bonchev–Trinajstić information content (AvgIpc) is 3.15. The topological polar surface area (TPSA) is 0 Å². The Bertz CT molecular complexity index is 2980. The lowest BCUT2D eigenvalue weighted by molar-refractivity contribution is 1.39. The zero-order valence-electron chi connectivity index (χ0n) is 28.2. The second-order valence-corrected chi connectivity index (χ2v) is 13.8. The summed E-state index contributed by atoms with van der Waals surface area (Å²) < 4.78 is 0. The van der Waals surface area contributed by atoms with E-state index >= 15 is 0 Å². The maximum Gasteiger partial charge on any atom is -0.00260 e. The van der Waals surface area contributed by atoms with E-state index in [2.05, 4.69) is 184 Å². The van der Waals surface area contributed by atoms with Crippen LogP contribution in [0.15, 0.2) is 170 Å². The minimum Gasteiger partial charge on any atom is -0.0616 e. The quantitative estimate of drug-likeness (QED) is 0.134. The van der Waals surface area contributed by atoms with Gasteiger partial charge in [0.25, 0.3) is 0 Å². The van der Waals surface area contributed by atoms with Crippen LogP contribution in [0, 0.1) is 13.8 Å². The molecule has 0 saturated carbocycles. The first-order valence-corrected chi connectivity index (χ1v) is 17.5. The van der Waals surface area contributed by atoms with Crippen molar-refractivity contribution in [3.05, 3.63) is 181 Å². The largest absolute Gasteiger partial charge is 0.0616 e. The molecule has 0 nitrogen and oxygen atoms in total. The Labute approximate surface area is 291 Å². The Hall–Kier alpha value is -6.24. The van der Waals surface area contributed by atoms with Gasteiger partial charge in [-0.2, -0.15) is 0 Å². The molecule has 0 saturated heterocycles. The van der Waals surface area contributed by atoms with E-state index in [0.717, 1.165) is 0 Å². The fourth-order valence-corrected chi connectivity index (χ4v) is 8.55. The summed E-state index contributed by atoms with van der Waals surface area (Å²) in [4.78, 5) is 0. The Morgan fingerprint density at radius 1 is 0.240 bits per heavy atom. The standard InChI is InChI=1S/C50H34/c1-31-25-32(2)27-39(26-31)50-43-18-10-9-17-42(43)49(37-20-19-33-11-3-4-13-35(33)28-37)45-24-22-38(30-47(45)50)48-41-16-8-6-14-36(41)29-46-40-15-7-5-12-34(40)21-23-44(46)48/h3-30H,1-2H3. The predicted octanol–water partition coefficient (Wildman–Crippen LogP) is 14.2. The molecule has 0 amide bonds. The number of hydrogen-bond acceptors (Lipinski definition) is 0. The lowest BCUT2D eigenvalue weighted by Crippen LogP contribution is -1.93. The highest BCUT2D eigenvalue weighted by Crippen LogP contribution is 2.47. The fraction of sp³-hybridized carbons (Fsp3) is 0.0400. The lowest BCUT2D eigenvalue weighted by Gasteiger charge is -2.20. The first-order chi connectivity index (χ1) is 24.6. The second kappa shape index (κ2) is 11.2. The summed E-state index contributed by atoms with van der Waals surface area (Å²) in [5, 5.41) is 15.3. The molecule has 0 aliphatic rings. The highest BCUT2D eigenvalue weighted by atomic mass is 14.2. The van der Waals surface area contributed by atoms with Crippen LogP contribution in [0.2, 0.25) is 0 Å². The van der Waals surface area contributed by atoms with Crippen molar-refractivity contribution in [2.45, 2.75) is 13.8 Å². The molecule has 0 heteroatoms. The van der Waals surface area contributed by atoms with Gasteiger partial charge in [0.05, 0.1) is 0 Å². The average molecular weight is 635 g/mol. The third-order valence-electron chi connectivity index (χ3n) is 10.6. The molecule has 0 radical (unpaired) electrons. The van der Waals surface area contributed by atoms with Crippen LogP contribution < -0.4 is 0 Å². The van der Waals surface area contributed by atoms with Crippen molar-refractivity contribution in [2.24, 2.45) is 0 Å². The molecule has 0 fully saturated rings. The van der Waals surface area contributed by atoms with Crippen molar-refractivity contribution >= 4 is 64.6 Å². The van der Waals surface area contributed by atoms with Gasteiger partial charge in [0.1, 0.15) is 0 Å².